The van der Waals surface area contributed by atoms with Gasteiger partial charge in [-0.15, -0.1) is 11.3 Å². The van der Waals surface area contributed by atoms with Gasteiger partial charge in [0.1, 0.15) is 22.4 Å². The molecule has 0 radical (unpaired) electrons. The molecule has 3 aromatic rings. The van der Waals surface area contributed by atoms with Gasteiger partial charge in [0.2, 0.25) is 0 Å². The summed E-state index contributed by atoms with van der Waals surface area (Å²) in [5, 5.41) is 0.794. The minimum absolute atomic E-state index is 0.111. The van der Waals surface area contributed by atoms with Crippen LogP contribution in [0.25, 0.3) is 10.2 Å². The van der Waals surface area contributed by atoms with Crippen LogP contribution in [0, 0.1) is 19.8 Å². The topological polar surface area (TPSA) is 84.9 Å². The molecule has 0 bridgehead atoms. The zero-order valence-electron chi connectivity index (χ0n) is 15.9. The molecule has 1 aliphatic rings. The predicted octanol–water partition coefficient (Wildman–Crippen LogP) is 4.13. The third-order valence-corrected chi connectivity index (χ3v) is 6.48. The van der Waals surface area contributed by atoms with Crippen molar-refractivity contribution in [1.29, 1.82) is 0 Å². The van der Waals surface area contributed by atoms with Crippen LogP contribution in [0.15, 0.2) is 10.9 Å². The molecule has 0 saturated carbocycles. The highest BCUT2D eigenvalue weighted by Gasteiger charge is 2.23. The van der Waals surface area contributed by atoms with Gasteiger partial charge >= 0.3 is 5.97 Å². The van der Waals surface area contributed by atoms with Crippen LogP contribution in [0.4, 0.5) is 0 Å². The van der Waals surface area contributed by atoms with Crippen LogP contribution in [0.1, 0.15) is 51.2 Å². The lowest BCUT2D eigenvalue weighted by atomic mass is 9.89. The first-order valence-corrected chi connectivity index (χ1v) is 10.4. The number of carbonyl (C=O) groups is 1. The Hall–Kier alpha value is -2.25. The third-order valence-electron chi connectivity index (χ3n) is 5.06. The summed E-state index contributed by atoms with van der Waals surface area (Å²) in [5.41, 5.74) is 2.61. The molecule has 0 aliphatic heterocycles. The molecule has 28 heavy (non-hydrogen) atoms. The van der Waals surface area contributed by atoms with Crippen LogP contribution in [-0.2, 0) is 24.2 Å². The zero-order valence-corrected chi connectivity index (χ0v) is 17.5. The van der Waals surface area contributed by atoms with E-state index in [0.29, 0.717) is 27.5 Å². The third kappa shape index (κ3) is 3.44. The number of hydrogen-bond donors (Lipinski definition) is 1. The quantitative estimate of drug-likeness (QED) is 0.511. The van der Waals surface area contributed by atoms with Crippen molar-refractivity contribution >= 4 is 39.1 Å². The summed E-state index contributed by atoms with van der Waals surface area (Å²) in [5.74, 6) is 0.361. The van der Waals surface area contributed by atoms with Crippen LogP contribution in [0.5, 0.6) is 0 Å². The SMILES string of the molecule is Cc1cc(C)c(C(=O)OCc2nc3sc4c(c3c(=O)[nH]2)CC[C@H](C)C4)c(Cl)n1. The summed E-state index contributed by atoms with van der Waals surface area (Å²) in [6.45, 7) is 5.68. The highest BCUT2D eigenvalue weighted by Crippen LogP contribution is 2.35. The number of halogens is 1. The van der Waals surface area contributed by atoms with E-state index in [1.54, 1.807) is 31.3 Å². The van der Waals surface area contributed by atoms with E-state index >= 15 is 0 Å². The largest absolute Gasteiger partial charge is 0.454 e. The van der Waals surface area contributed by atoms with Crippen molar-refractivity contribution in [3.05, 3.63) is 54.7 Å². The second-order valence-electron chi connectivity index (χ2n) is 7.37. The van der Waals surface area contributed by atoms with Gasteiger partial charge in [-0.2, -0.15) is 0 Å². The maximum absolute atomic E-state index is 12.6. The highest BCUT2D eigenvalue weighted by atomic mass is 35.5. The van der Waals surface area contributed by atoms with Crippen LogP contribution in [0.3, 0.4) is 0 Å². The second-order valence-corrected chi connectivity index (χ2v) is 8.81. The first-order chi connectivity index (χ1) is 13.3. The lowest BCUT2D eigenvalue weighted by Gasteiger charge is -2.17. The molecule has 0 aromatic carbocycles. The molecule has 6 nitrogen and oxygen atoms in total. The summed E-state index contributed by atoms with van der Waals surface area (Å²) in [7, 11) is 0. The molecule has 3 heterocycles. The highest BCUT2D eigenvalue weighted by molar-refractivity contribution is 7.18. The van der Waals surface area contributed by atoms with Gasteiger partial charge in [-0.3, -0.25) is 4.79 Å². The monoisotopic (exact) mass is 417 g/mol. The Kier molecular flexibility index (Phi) is 4.97. The van der Waals surface area contributed by atoms with Crippen molar-refractivity contribution in [2.24, 2.45) is 5.92 Å². The number of thiophene rings is 1. The predicted molar refractivity (Wildman–Crippen MR) is 109 cm³/mol. The fraction of sp³-hybridized carbons (Fsp3) is 0.400. The summed E-state index contributed by atoms with van der Waals surface area (Å²) < 4.78 is 5.35. The van der Waals surface area contributed by atoms with E-state index in [1.165, 1.54) is 4.88 Å². The van der Waals surface area contributed by atoms with Gasteiger partial charge in [-0.05, 0) is 56.2 Å². The molecule has 3 aromatic heterocycles. The Bertz CT molecular complexity index is 1130. The number of fused-ring (bicyclic) bond motifs is 3. The van der Waals surface area contributed by atoms with Crippen molar-refractivity contribution in [1.82, 2.24) is 15.0 Å². The van der Waals surface area contributed by atoms with Crippen molar-refractivity contribution in [2.75, 3.05) is 0 Å². The van der Waals surface area contributed by atoms with Gasteiger partial charge in [0.25, 0.3) is 5.56 Å². The molecule has 1 aliphatic carbocycles. The van der Waals surface area contributed by atoms with Gasteiger partial charge in [0, 0.05) is 10.6 Å². The average molecular weight is 418 g/mol. The molecular formula is C20H20ClN3O3S. The maximum Gasteiger partial charge on any atom is 0.342 e. The van der Waals surface area contributed by atoms with E-state index < -0.39 is 5.97 Å². The Balaban J connectivity index is 1.59. The van der Waals surface area contributed by atoms with Crippen LogP contribution in [0.2, 0.25) is 5.15 Å². The summed E-state index contributed by atoms with van der Waals surface area (Å²) in [6.07, 6.45) is 2.98. The van der Waals surface area contributed by atoms with Gasteiger partial charge in [-0.25, -0.2) is 14.8 Å². The van der Waals surface area contributed by atoms with Crippen molar-refractivity contribution < 1.29 is 9.53 Å². The molecule has 1 N–H and O–H groups in total. The molecule has 1 atom stereocenters. The van der Waals surface area contributed by atoms with Crippen molar-refractivity contribution in [2.45, 2.75) is 46.6 Å². The smallest absolute Gasteiger partial charge is 0.342 e. The number of rotatable bonds is 3. The number of aryl methyl sites for hydroxylation is 3. The fourth-order valence-electron chi connectivity index (χ4n) is 3.70. The summed E-state index contributed by atoms with van der Waals surface area (Å²) >= 11 is 7.67. The Morgan fingerprint density at radius 3 is 2.93 bits per heavy atom. The number of aromatic amines is 1. The standard InChI is InChI=1S/C20H20ClN3O3S/c1-9-4-5-12-13(6-9)28-19-16(12)18(25)23-14(24-19)8-27-20(26)15-10(2)7-11(3)22-17(15)21/h7,9H,4-6,8H2,1-3H3,(H,23,24,25)/t9-/m0/s1. The zero-order chi connectivity index (χ0) is 20.0. The first-order valence-electron chi connectivity index (χ1n) is 9.17. The summed E-state index contributed by atoms with van der Waals surface area (Å²) in [4.78, 5) is 38.4. The molecule has 8 heteroatoms. The second kappa shape index (κ2) is 7.29. The van der Waals surface area contributed by atoms with Crippen LogP contribution >= 0.6 is 22.9 Å². The normalized spacial score (nSPS) is 16.2. The number of esters is 1. The number of pyridine rings is 1. The lowest BCUT2D eigenvalue weighted by Crippen LogP contribution is -2.16. The van der Waals surface area contributed by atoms with Crippen LogP contribution < -0.4 is 5.56 Å². The molecule has 146 valence electrons. The van der Waals surface area contributed by atoms with Gasteiger partial charge < -0.3 is 9.72 Å². The van der Waals surface area contributed by atoms with E-state index in [2.05, 4.69) is 21.9 Å². The van der Waals surface area contributed by atoms with E-state index in [0.717, 1.165) is 30.5 Å². The number of H-pyrrole nitrogens is 1. The number of hydrogen-bond acceptors (Lipinski definition) is 6. The fourth-order valence-corrected chi connectivity index (χ4v) is 5.47. The molecular weight excluding hydrogens is 398 g/mol. The molecule has 4 rings (SSSR count). The Morgan fingerprint density at radius 2 is 2.18 bits per heavy atom. The van der Waals surface area contributed by atoms with Crippen molar-refractivity contribution in [3.8, 4) is 0 Å². The molecule has 0 amide bonds. The molecule has 0 fully saturated rings. The minimum Gasteiger partial charge on any atom is -0.454 e. The average Bonchev–Trinajstić information content (AvgIpc) is 2.96. The van der Waals surface area contributed by atoms with Gasteiger partial charge in [0.15, 0.2) is 0 Å². The summed E-state index contributed by atoms with van der Waals surface area (Å²) in [6, 6.07) is 1.77. The number of aromatic nitrogens is 3. The lowest BCUT2D eigenvalue weighted by molar-refractivity contribution is 0.0461. The number of carbonyl (C=O) groups excluding carboxylic acids is 1. The van der Waals surface area contributed by atoms with E-state index in [1.807, 2.05) is 0 Å². The number of ether oxygens (including phenoxy) is 1. The Morgan fingerprint density at radius 1 is 1.39 bits per heavy atom. The molecule has 0 spiro atoms. The Labute approximate surface area is 170 Å². The number of nitrogens with zero attached hydrogens (tertiary/aromatic N) is 2. The van der Waals surface area contributed by atoms with Crippen LogP contribution in [-0.4, -0.2) is 20.9 Å². The maximum atomic E-state index is 12.6. The van der Waals surface area contributed by atoms with Gasteiger partial charge in [-0.1, -0.05) is 18.5 Å². The van der Waals surface area contributed by atoms with E-state index in [4.69, 9.17) is 16.3 Å². The minimum atomic E-state index is -0.586. The molecule has 0 unspecified atom stereocenters. The van der Waals surface area contributed by atoms with Gasteiger partial charge in [0.05, 0.1) is 10.9 Å². The van der Waals surface area contributed by atoms with E-state index in [-0.39, 0.29) is 22.9 Å². The first kappa shape index (κ1) is 19.1. The van der Waals surface area contributed by atoms with Crippen molar-refractivity contribution in [3.63, 3.8) is 0 Å². The number of nitrogens with one attached hydrogen (secondary N) is 1. The van der Waals surface area contributed by atoms with E-state index in [9.17, 15) is 9.59 Å². The molecule has 0 saturated heterocycles.